The number of hydrogen-bond donors (Lipinski definition) is 0. The topological polar surface area (TPSA) is 81.2 Å². The van der Waals surface area contributed by atoms with E-state index >= 15 is 0 Å². The lowest BCUT2D eigenvalue weighted by Gasteiger charge is -2.23. The first-order valence-electron chi connectivity index (χ1n) is 9.67. The van der Waals surface area contributed by atoms with E-state index in [1.54, 1.807) is 10.7 Å². The highest BCUT2D eigenvalue weighted by atomic mass is 16.1. The molecule has 8 nitrogen and oxygen atoms in total. The highest BCUT2D eigenvalue weighted by molar-refractivity contribution is 5.36. The summed E-state index contributed by atoms with van der Waals surface area (Å²) < 4.78 is 3.48. The zero-order valence-electron chi connectivity index (χ0n) is 15.5. The Kier molecular flexibility index (Phi) is 4.00. The SMILES string of the molecule is Cc1ccc2nnc(CN3CCCC3Cn3nc(C4CC4)ccc3=O)n2n1. The number of rotatable bonds is 5. The van der Waals surface area contributed by atoms with E-state index in [2.05, 4.69) is 25.3 Å². The zero-order chi connectivity index (χ0) is 18.4. The van der Waals surface area contributed by atoms with E-state index in [0.717, 1.165) is 42.2 Å². The van der Waals surface area contributed by atoms with Gasteiger partial charge in [0.25, 0.3) is 5.56 Å². The standard InChI is InChI=1S/C19H23N7O/c1-13-4-8-17-20-21-18(26(17)22-13)12-24-10-2-3-15(24)11-25-19(27)9-7-16(23-25)14-5-6-14/h4,7-9,14-15H,2-3,5-6,10-12H2,1H3. The maximum absolute atomic E-state index is 12.3. The number of aryl methyl sites for hydroxylation is 1. The van der Waals surface area contributed by atoms with Crippen LogP contribution >= 0.6 is 0 Å². The average molecular weight is 365 g/mol. The number of nitrogens with zero attached hydrogens (tertiary/aromatic N) is 7. The van der Waals surface area contributed by atoms with Gasteiger partial charge in [0.2, 0.25) is 0 Å². The summed E-state index contributed by atoms with van der Waals surface area (Å²) in [7, 11) is 0. The maximum Gasteiger partial charge on any atom is 0.266 e. The first-order chi connectivity index (χ1) is 13.2. The molecule has 8 heteroatoms. The minimum atomic E-state index is -0.0172. The predicted octanol–water partition coefficient (Wildman–Crippen LogP) is 1.53. The molecule has 1 unspecified atom stereocenters. The normalized spacial score (nSPS) is 20.6. The van der Waals surface area contributed by atoms with Crippen LogP contribution in [0.1, 0.15) is 48.8 Å². The van der Waals surface area contributed by atoms with Gasteiger partial charge in [-0.25, -0.2) is 4.68 Å². The molecule has 1 aliphatic heterocycles. The van der Waals surface area contributed by atoms with Crippen LogP contribution in [0.5, 0.6) is 0 Å². The van der Waals surface area contributed by atoms with Crippen molar-refractivity contribution in [3.63, 3.8) is 0 Å². The summed E-state index contributed by atoms with van der Waals surface area (Å²) in [6.07, 6.45) is 4.55. The molecule has 140 valence electrons. The first kappa shape index (κ1) is 16.6. The predicted molar refractivity (Wildman–Crippen MR) is 99.4 cm³/mol. The van der Waals surface area contributed by atoms with E-state index in [9.17, 15) is 4.79 Å². The van der Waals surface area contributed by atoms with Crippen LogP contribution in [-0.4, -0.2) is 47.1 Å². The van der Waals surface area contributed by atoms with Gasteiger partial charge in [0.15, 0.2) is 11.5 Å². The van der Waals surface area contributed by atoms with Gasteiger partial charge in [0.05, 0.1) is 24.5 Å². The number of likely N-dealkylation sites (tertiary alicyclic amines) is 1. The summed E-state index contributed by atoms with van der Waals surface area (Å²) in [5, 5.41) is 17.7. The van der Waals surface area contributed by atoms with E-state index < -0.39 is 0 Å². The van der Waals surface area contributed by atoms with Crippen molar-refractivity contribution in [3.8, 4) is 0 Å². The Bertz CT molecular complexity index is 1040. The van der Waals surface area contributed by atoms with Gasteiger partial charge in [0.1, 0.15) is 0 Å². The van der Waals surface area contributed by atoms with Crippen LogP contribution in [0, 0.1) is 6.92 Å². The van der Waals surface area contributed by atoms with Crippen LogP contribution in [0.15, 0.2) is 29.1 Å². The van der Waals surface area contributed by atoms with Crippen LogP contribution in [0.3, 0.4) is 0 Å². The largest absolute Gasteiger partial charge is 0.291 e. The zero-order valence-corrected chi connectivity index (χ0v) is 15.5. The lowest BCUT2D eigenvalue weighted by Crippen LogP contribution is -2.37. The van der Waals surface area contributed by atoms with E-state index in [1.165, 1.54) is 12.8 Å². The molecule has 0 spiro atoms. The van der Waals surface area contributed by atoms with Crippen LogP contribution in [0.2, 0.25) is 0 Å². The molecular formula is C19H23N7O. The highest BCUT2D eigenvalue weighted by Crippen LogP contribution is 2.38. The van der Waals surface area contributed by atoms with Crippen molar-refractivity contribution in [3.05, 3.63) is 51.8 Å². The summed E-state index contributed by atoms with van der Waals surface area (Å²) in [4.78, 5) is 14.7. The Morgan fingerprint density at radius 1 is 1.07 bits per heavy atom. The average Bonchev–Trinajstić information content (AvgIpc) is 3.31. The Labute approximate surface area is 156 Å². The first-order valence-corrected chi connectivity index (χ1v) is 9.67. The lowest BCUT2D eigenvalue weighted by molar-refractivity contribution is 0.210. The third kappa shape index (κ3) is 3.25. The Balaban J connectivity index is 1.37. The third-order valence-corrected chi connectivity index (χ3v) is 5.57. The molecule has 2 aliphatic rings. The molecule has 5 rings (SSSR count). The van der Waals surface area contributed by atoms with Crippen molar-refractivity contribution in [2.45, 2.75) is 57.7 Å². The second-order valence-corrected chi connectivity index (χ2v) is 7.68. The monoisotopic (exact) mass is 365 g/mol. The molecule has 27 heavy (non-hydrogen) atoms. The Morgan fingerprint density at radius 3 is 2.81 bits per heavy atom. The third-order valence-electron chi connectivity index (χ3n) is 5.57. The summed E-state index contributed by atoms with van der Waals surface area (Å²) in [6.45, 7) is 4.26. The van der Waals surface area contributed by atoms with Gasteiger partial charge >= 0.3 is 0 Å². The van der Waals surface area contributed by atoms with Crippen LogP contribution in [0.4, 0.5) is 0 Å². The fourth-order valence-corrected chi connectivity index (χ4v) is 3.91. The van der Waals surface area contributed by atoms with Gasteiger partial charge in [-0.3, -0.25) is 9.69 Å². The molecule has 3 aromatic heterocycles. The summed E-state index contributed by atoms with van der Waals surface area (Å²) in [5.74, 6) is 1.39. The van der Waals surface area contributed by atoms with Gasteiger partial charge in [-0.15, -0.1) is 10.2 Å². The van der Waals surface area contributed by atoms with E-state index in [4.69, 9.17) is 0 Å². The van der Waals surface area contributed by atoms with E-state index in [-0.39, 0.29) is 11.6 Å². The Morgan fingerprint density at radius 2 is 1.96 bits per heavy atom. The highest BCUT2D eigenvalue weighted by Gasteiger charge is 2.29. The Hall–Kier alpha value is -2.61. The van der Waals surface area contributed by atoms with Crippen molar-refractivity contribution in [2.75, 3.05) is 6.54 Å². The van der Waals surface area contributed by atoms with Gasteiger partial charge < -0.3 is 0 Å². The van der Waals surface area contributed by atoms with Crippen molar-refractivity contribution in [1.82, 2.24) is 34.5 Å². The molecule has 0 radical (unpaired) electrons. The van der Waals surface area contributed by atoms with Crippen molar-refractivity contribution < 1.29 is 0 Å². The van der Waals surface area contributed by atoms with Crippen LogP contribution in [0.25, 0.3) is 5.65 Å². The molecule has 0 N–H and O–H groups in total. The number of hydrogen-bond acceptors (Lipinski definition) is 6. The van der Waals surface area contributed by atoms with Crippen LogP contribution in [-0.2, 0) is 13.1 Å². The quantitative estimate of drug-likeness (QED) is 0.682. The molecule has 0 amide bonds. The second kappa shape index (κ2) is 6.53. The molecule has 1 aliphatic carbocycles. The van der Waals surface area contributed by atoms with Crippen molar-refractivity contribution >= 4 is 5.65 Å². The van der Waals surface area contributed by atoms with E-state index in [0.29, 0.717) is 19.0 Å². The molecule has 1 atom stereocenters. The molecule has 1 saturated carbocycles. The lowest BCUT2D eigenvalue weighted by atomic mass is 10.2. The van der Waals surface area contributed by atoms with Crippen molar-refractivity contribution in [2.24, 2.45) is 0 Å². The summed E-state index contributed by atoms with van der Waals surface area (Å²) in [6, 6.07) is 7.71. The van der Waals surface area contributed by atoms with Crippen molar-refractivity contribution in [1.29, 1.82) is 0 Å². The van der Waals surface area contributed by atoms with E-state index in [1.807, 2.05) is 29.6 Å². The molecule has 3 aromatic rings. The molecule has 0 bridgehead atoms. The van der Waals surface area contributed by atoms with Crippen LogP contribution < -0.4 is 5.56 Å². The summed E-state index contributed by atoms with van der Waals surface area (Å²) in [5.41, 5.74) is 2.74. The van der Waals surface area contributed by atoms with Gasteiger partial charge in [-0.1, -0.05) is 0 Å². The fourth-order valence-electron chi connectivity index (χ4n) is 3.91. The molecule has 2 fully saturated rings. The van der Waals surface area contributed by atoms with Gasteiger partial charge in [-0.2, -0.15) is 14.7 Å². The molecule has 4 heterocycles. The minimum absolute atomic E-state index is 0.0172. The number of aromatic nitrogens is 6. The smallest absolute Gasteiger partial charge is 0.266 e. The molecule has 1 saturated heterocycles. The molecular weight excluding hydrogens is 342 g/mol. The second-order valence-electron chi connectivity index (χ2n) is 7.68. The summed E-state index contributed by atoms with van der Waals surface area (Å²) >= 11 is 0. The minimum Gasteiger partial charge on any atom is -0.291 e. The van der Waals surface area contributed by atoms with Gasteiger partial charge in [-0.05, 0) is 57.4 Å². The fraction of sp³-hybridized carbons (Fsp3) is 0.526. The molecule has 0 aromatic carbocycles. The maximum atomic E-state index is 12.3. The van der Waals surface area contributed by atoms with Gasteiger partial charge in [0, 0.05) is 18.0 Å². The number of fused-ring (bicyclic) bond motifs is 1.